The van der Waals surface area contributed by atoms with Gasteiger partial charge in [-0.15, -0.1) is 6.58 Å². The minimum absolute atomic E-state index is 0.0485. The maximum Gasteiger partial charge on any atom is 0.184 e. The molecule has 0 amide bonds. The van der Waals surface area contributed by atoms with E-state index in [1.54, 1.807) is 0 Å². The molecule has 0 radical (unpaired) electrons. The first-order valence-corrected chi connectivity index (χ1v) is 15.6. The van der Waals surface area contributed by atoms with Crippen molar-refractivity contribution in [3.05, 3.63) is 71.4 Å². The van der Waals surface area contributed by atoms with Gasteiger partial charge in [0, 0.05) is 11.5 Å². The van der Waals surface area contributed by atoms with E-state index in [2.05, 4.69) is 13.2 Å². The van der Waals surface area contributed by atoms with Crippen molar-refractivity contribution < 1.29 is 29.4 Å². The van der Waals surface area contributed by atoms with Crippen LogP contribution in [0.15, 0.2) is 65.8 Å². The predicted molar refractivity (Wildman–Crippen MR) is 172 cm³/mol. The number of aromatic hydroxyl groups is 2. The van der Waals surface area contributed by atoms with Crippen LogP contribution in [0.4, 0.5) is 0 Å². The number of phenols is 2. The minimum Gasteiger partial charge on any atom is -0.504 e. The molecule has 6 heteroatoms. The normalized spacial score (nSPS) is 30.6. The van der Waals surface area contributed by atoms with E-state index in [1.807, 2.05) is 67.5 Å². The SMILES string of the molecule is C=C(C)CCC(C[C@@]12C[C@H]3[C@@H](C=C(C)C)[C@@](C(=O)c4ccc(O)c(O)c4)(C1=O)C(=O)[C@@](CC=C(C)C)(C2=O)C3(C)C)C(=C)C. The molecule has 44 heavy (non-hydrogen) atoms. The lowest BCUT2D eigenvalue weighted by atomic mass is 9.26. The number of allylic oxidation sites excluding steroid dienone is 6. The van der Waals surface area contributed by atoms with Crippen LogP contribution in [-0.2, 0) is 14.4 Å². The van der Waals surface area contributed by atoms with Gasteiger partial charge < -0.3 is 10.2 Å². The van der Waals surface area contributed by atoms with Crippen molar-refractivity contribution in [3.8, 4) is 11.5 Å². The molecule has 0 saturated heterocycles. The zero-order valence-corrected chi connectivity index (χ0v) is 27.6. The lowest BCUT2D eigenvalue weighted by molar-refractivity contribution is -0.212. The van der Waals surface area contributed by atoms with Crippen molar-refractivity contribution in [2.24, 2.45) is 39.4 Å². The highest BCUT2D eigenvalue weighted by Gasteiger charge is 2.86. The number of carbonyl (C=O) groups is 4. The molecule has 0 aromatic heterocycles. The van der Waals surface area contributed by atoms with Crippen LogP contribution in [0.1, 0.15) is 97.9 Å². The predicted octanol–water partition coefficient (Wildman–Crippen LogP) is 7.90. The minimum atomic E-state index is -2.16. The van der Waals surface area contributed by atoms with E-state index < -0.39 is 56.4 Å². The van der Waals surface area contributed by atoms with Crippen LogP contribution in [0, 0.1) is 39.4 Å². The maximum atomic E-state index is 15.3. The van der Waals surface area contributed by atoms with Crippen molar-refractivity contribution in [3.63, 3.8) is 0 Å². The van der Waals surface area contributed by atoms with Gasteiger partial charge in [0.15, 0.2) is 40.0 Å². The molecule has 6 atom stereocenters. The average molecular weight is 601 g/mol. The number of Topliss-reactive ketones (excluding diaryl/α,β-unsaturated/α-hetero) is 4. The fourth-order valence-corrected chi connectivity index (χ4v) is 8.62. The Bertz CT molecular complexity index is 1530. The number of ketones is 4. The van der Waals surface area contributed by atoms with Gasteiger partial charge in [0.2, 0.25) is 0 Å². The second kappa shape index (κ2) is 11.1. The van der Waals surface area contributed by atoms with E-state index in [4.69, 9.17) is 0 Å². The molecule has 2 N–H and O–H groups in total. The van der Waals surface area contributed by atoms with Gasteiger partial charge >= 0.3 is 0 Å². The van der Waals surface area contributed by atoms with Crippen LogP contribution in [0.2, 0.25) is 0 Å². The molecule has 0 heterocycles. The molecule has 1 unspecified atom stereocenters. The lowest BCUT2D eigenvalue weighted by Crippen LogP contribution is -2.83. The van der Waals surface area contributed by atoms with Gasteiger partial charge in [-0.05, 0) is 109 Å². The number of benzene rings is 1. The average Bonchev–Trinajstić information content (AvgIpc) is 2.91. The van der Waals surface area contributed by atoms with E-state index in [9.17, 15) is 15.0 Å². The fraction of sp³-hybridized carbons (Fsp3) is 0.526. The van der Waals surface area contributed by atoms with Crippen molar-refractivity contribution >= 4 is 23.1 Å². The molecule has 4 bridgehead atoms. The summed E-state index contributed by atoms with van der Waals surface area (Å²) in [6.07, 6.45) is 5.66. The van der Waals surface area contributed by atoms with Gasteiger partial charge in [0.1, 0.15) is 0 Å². The van der Waals surface area contributed by atoms with Crippen molar-refractivity contribution in [2.45, 2.75) is 87.5 Å². The smallest absolute Gasteiger partial charge is 0.184 e. The van der Waals surface area contributed by atoms with Gasteiger partial charge in [-0.1, -0.05) is 54.9 Å². The third-order valence-corrected chi connectivity index (χ3v) is 11.0. The number of hydrogen-bond donors (Lipinski definition) is 2. The number of rotatable bonds is 11. The van der Waals surface area contributed by atoms with Crippen LogP contribution in [0.3, 0.4) is 0 Å². The quantitative estimate of drug-likeness (QED) is 0.116. The molecule has 236 valence electrons. The first-order chi connectivity index (χ1) is 20.3. The fourth-order valence-electron chi connectivity index (χ4n) is 8.62. The van der Waals surface area contributed by atoms with Gasteiger partial charge in [0.25, 0.3) is 0 Å². The van der Waals surface area contributed by atoms with Crippen LogP contribution in [0.25, 0.3) is 0 Å². The molecule has 0 aliphatic heterocycles. The van der Waals surface area contributed by atoms with Gasteiger partial charge in [-0.25, -0.2) is 0 Å². The topological polar surface area (TPSA) is 109 Å². The molecule has 4 fully saturated rings. The van der Waals surface area contributed by atoms with Crippen LogP contribution >= 0.6 is 0 Å². The third-order valence-electron chi connectivity index (χ3n) is 11.0. The van der Waals surface area contributed by atoms with E-state index in [1.165, 1.54) is 12.1 Å². The summed E-state index contributed by atoms with van der Waals surface area (Å²) in [4.78, 5) is 60.8. The van der Waals surface area contributed by atoms with Gasteiger partial charge in [-0.3, -0.25) is 19.2 Å². The highest BCUT2D eigenvalue weighted by Crippen LogP contribution is 2.75. The van der Waals surface area contributed by atoms with Crippen LogP contribution in [0.5, 0.6) is 11.5 Å². The zero-order valence-electron chi connectivity index (χ0n) is 27.6. The second-order valence-corrected chi connectivity index (χ2v) is 14.8. The largest absolute Gasteiger partial charge is 0.504 e. The summed E-state index contributed by atoms with van der Waals surface area (Å²) < 4.78 is 0. The Morgan fingerprint density at radius 2 is 1.59 bits per heavy atom. The maximum absolute atomic E-state index is 15.3. The monoisotopic (exact) mass is 600 g/mol. The Balaban J connectivity index is 2.11. The molecule has 5 rings (SSSR count). The summed E-state index contributed by atoms with van der Waals surface area (Å²) in [5.74, 6) is -4.59. The number of carbonyl (C=O) groups excluding carboxylic acids is 4. The Kier molecular flexibility index (Phi) is 8.43. The lowest BCUT2D eigenvalue weighted by Gasteiger charge is -2.71. The summed E-state index contributed by atoms with van der Waals surface area (Å²) in [6.45, 7) is 23.6. The second-order valence-electron chi connectivity index (χ2n) is 14.8. The summed E-state index contributed by atoms with van der Waals surface area (Å²) >= 11 is 0. The molecule has 4 saturated carbocycles. The van der Waals surface area contributed by atoms with E-state index in [-0.39, 0.29) is 42.4 Å². The summed E-state index contributed by atoms with van der Waals surface area (Å²) in [5.41, 5.74) is -2.59. The molecule has 4 aliphatic carbocycles. The van der Waals surface area contributed by atoms with E-state index in [0.717, 1.165) is 28.4 Å². The molecule has 0 spiro atoms. The van der Waals surface area contributed by atoms with Crippen molar-refractivity contribution in [1.29, 1.82) is 0 Å². The van der Waals surface area contributed by atoms with Crippen molar-refractivity contribution in [1.82, 2.24) is 0 Å². The Hall–Kier alpha value is -3.54. The molecular weight excluding hydrogens is 552 g/mol. The highest BCUT2D eigenvalue weighted by atomic mass is 16.3. The third kappa shape index (κ3) is 4.50. The van der Waals surface area contributed by atoms with Crippen LogP contribution in [-0.4, -0.2) is 33.3 Å². The highest BCUT2D eigenvalue weighted by molar-refractivity contribution is 6.42. The number of hydrogen-bond acceptors (Lipinski definition) is 6. The summed E-state index contributed by atoms with van der Waals surface area (Å²) in [7, 11) is 0. The van der Waals surface area contributed by atoms with Gasteiger partial charge in [-0.2, -0.15) is 0 Å². The Morgan fingerprint density at radius 3 is 2.11 bits per heavy atom. The van der Waals surface area contributed by atoms with E-state index >= 15 is 14.4 Å². The molecular formula is C38H48O6. The first kappa shape index (κ1) is 33.4. The summed E-state index contributed by atoms with van der Waals surface area (Å²) in [6, 6.07) is 3.64. The molecule has 6 nitrogen and oxygen atoms in total. The molecule has 1 aromatic carbocycles. The van der Waals surface area contributed by atoms with E-state index in [0.29, 0.717) is 12.8 Å². The Labute approximate surface area is 262 Å². The molecule has 4 aliphatic rings. The van der Waals surface area contributed by atoms with Crippen LogP contribution < -0.4 is 0 Å². The molecule has 1 aromatic rings. The summed E-state index contributed by atoms with van der Waals surface area (Å²) in [5, 5.41) is 20.4. The van der Waals surface area contributed by atoms with Crippen molar-refractivity contribution in [2.75, 3.05) is 0 Å². The first-order valence-electron chi connectivity index (χ1n) is 15.6. The Morgan fingerprint density at radius 1 is 0.955 bits per heavy atom. The zero-order chi connectivity index (χ0) is 33.2. The standard InChI is InChI=1S/C38H48O6/c1-21(2)11-12-26(24(7)8)19-36-20-28-27(17-23(5)6)38(33(36)43,31(41)25-13-14-29(39)30(40)18-25)34(44)37(32(36)42,35(28,9)10)16-15-22(3)4/h13-15,17-18,26-28,39-40H,1,7,11-12,16,19-20H2,2-6,8-10H3/t26?,27-,28+,36+,37-,38-/m1/s1. The van der Waals surface area contributed by atoms with Gasteiger partial charge in [0.05, 0.1) is 10.8 Å². The number of phenolic OH excluding ortho intramolecular Hbond substituents is 2.